The first-order chi connectivity index (χ1) is 7.50. The lowest BCUT2D eigenvalue weighted by molar-refractivity contribution is 0.249. The van der Waals surface area contributed by atoms with E-state index in [4.69, 9.17) is 10.2 Å². The van der Waals surface area contributed by atoms with Gasteiger partial charge in [0.25, 0.3) is 0 Å². The van der Waals surface area contributed by atoms with Gasteiger partial charge in [0.1, 0.15) is 5.71 Å². The Morgan fingerprint density at radius 1 is 1.62 bits per heavy atom. The Morgan fingerprint density at radius 3 is 2.75 bits per heavy atom. The molecule has 0 atom stereocenters. The molecule has 0 aromatic carbocycles. The van der Waals surface area contributed by atoms with Gasteiger partial charge in [-0.15, -0.1) is 0 Å². The predicted octanol–water partition coefficient (Wildman–Crippen LogP) is 2.01. The third-order valence-electron chi connectivity index (χ3n) is 2.03. The lowest BCUT2D eigenvalue weighted by Crippen LogP contribution is -2.26. The Kier molecular flexibility index (Phi) is 4.10. The number of carbonyl (C=O) groups is 1. The maximum absolute atomic E-state index is 10.6. The fraction of sp³-hybridized carbons (Fsp3) is 0.455. The number of hydrogen-bond acceptors (Lipinski definition) is 3. The van der Waals surface area contributed by atoms with Crippen LogP contribution in [0, 0.1) is 12.8 Å². The third-order valence-corrected chi connectivity index (χ3v) is 2.03. The van der Waals surface area contributed by atoms with E-state index in [0.717, 1.165) is 5.56 Å². The number of urea groups is 1. The second kappa shape index (κ2) is 5.34. The summed E-state index contributed by atoms with van der Waals surface area (Å²) in [4.78, 5) is 10.6. The number of furan rings is 1. The SMILES string of the molecule is Cc1ccoc1C(CC(C)C)=NNC(N)=O. The van der Waals surface area contributed by atoms with Crippen LogP contribution in [0.1, 0.15) is 31.6 Å². The summed E-state index contributed by atoms with van der Waals surface area (Å²) in [6.07, 6.45) is 2.32. The Hall–Kier alpha value is -1.78. The number of carbonyl (C=O) groups excluding carboxylic acids is 1. The average Bonchev–Trinajstić information content (AvgIpc) is 2.58. The molecule has 5 heteroatoms. The maximum atomic E-state index is 10.6. The number of nitrogens with one attached hydrogen (secondary N) is 1. The quantitative estimate of drug-likeness (QED) is 0.604. The highest BCUT2D eigenvalue weighted by Gasteiger charge is 2.12. The standard InChI is InChI=1S/C11H17N3O2/c1-7(2)6-9(13-14-11(12)15)10-8(3)4-5-16-10/h4-5,7H,6H2,1-3H3,(H3,12,14,15). The molecule has 16 heavy (non-hydrogen) atoms. The molecule has 0 saturated carbocycles. The van der Waals surface area contributed by atoms with E-state index < -0.39 is 6.03 Å². The fourth-order valence-corrected chi connectivity index (χ4v) is 1.37. The Labute approximate surface area is 94.7 Å². The first-order valence-electron chi connectivity index (χ1n) is 5.17. The molecule has 0 aliphatic heterocycles. The van der Waals surface area contributed by atoms with Gasteiger partial charge in [0.2, 0.25) is 0 Å². The van der Waals surface area contributed by atoms with E-state index in [1.54, 1.807) is 6.26 Å². The molecule has 1 heterocycles. The zero-order valence-electron chi connectivity index (χ0n) is 9.78. The summed E-state index contributed by atoms with van der Waals surface area (Å²) in [7, 11) is 0. The molecule has 0 fully saturated rings. The van der Waals surface area contributed by atoms with Crippen LogP contribution in [0.15, 0.2) is 21.8 Å². The van der Waals surface area contributed by atoms with E-state index >= 15 is 0 Å². The molecule has 3 N–H and O–H groups in total. The highest BCUT2D eigenvalue weighted by Crippen LogP contribution is 2.15. The van der Waals surface area contributed by atoms with Crippen LogP contribution in [0.25, 0.3) is 0 Å². The van der Waals surface area contributed by atoms with E-state index in [0.29, 0.717) is 23.8 Å². The van der Waals surface area contributed by atoms with E-state index in [9.17, 15) is 4.79 Å². The molecule has 1 rings (SSSR count). The minimum atomic E-state index is -0.675. The van der Waals surface area contributed by atoms with Crippen LogP contribution >= 0.6 is 0 Å². The predicted molar refractivity (Wildman–Crippen MR) is 62.2 cm³/mol. The number of hydrazone groups is 1. The van der Waals surface area contributed by atoms with Crippen molar-refractivity contribution in [1.82, 2.24) is 5.43 Å². The van der Waals surface area contributed by atoms with Gasteiger partial charge in [0.05, 0.1) is 6.26 Å². The summed E-state index contributed by atoms with van der Waals surface area (Å²) in [6, 6.07) is 1.18. The lowest BCUT2D eigenvalue weighted by atomic mass is 10.0. The number of rotatable bonds is 4. The number of aryl methyl sites for hydroxylation is 1. The Morgan fingerprint density at radius 2 is 2.31 bits per heavy atom. The van der Waals surface area contributed by atoms with Crippen LogP contribution in [-0.4, -0.2) is 11.7 Å². The van der Waals surface area contributed by atoms with E-state index in [1.165, 1.54) is 0 Å². The van der Waals surface area contributed by atoms with Crippen molar-refractivity contribution in [3.05, 3.63) is 23.7 Å². The summed E-state index contributed by atoms with van der Waals surface area (Å²) in [5.41, 5.74) is 8.90. The third kappa shape index (κ3) is 3.42. The smallest absolute Gasteiger partial charge is 0.332 e. The second-order valence-corrected chi connectivity index (χ2v) is 4.07. The number of nitrogens with zero attached hydrogens (tertiary/aromatic N) is 1. The summed E-state index contributed by atoms with van der Waals surface area (Å²) in [5.74, 6) is 1.11. The molecule has 2 amide bonds. The summed E-state index contributed by atoms with van der Waals surface area (Å²) in [5, 5.41) is 3.97. The molecule has 0 aliphatic rings. The lowest BCUT2D eigenvalue weighted by Gasteiger charge is -2.07. The molecular weight excluding hydrogens is 206 g/mol. The number of nitrogens with two attached hydrogens (primary N) is 1. The van der Waals surface area contributed by atoms with Gasteiger partial charge in [-0.3, -0.25) is 0 Å². The van der Waals surface area contributed by atoms with Gasteiger partial charge in [-0.25, -0.2) is 10.2 Å². The van der Waals surface area contributed by atoms with Crippen LogP contribution in [0.3, 0.4) is 0 Å². The Bertz CT molecular complexity index is 394. The zero-order valence-corrected chi connectivity index (χ0v) is 9.78. The molecule has 0 bridgehead atoms. The Balaban J connectivity index is 2.91. The van der Waals surface area contributed by atoms with Crippen LogP contribution in [0.2, 0.25) is 0 Å². The van der Waals surface area contributed by atoms with Gasteiger partial charge in [0, 0.05) is 0 Å². The van der Waals surface area contributed by atoms with Gasteiger partial charge in [-0.05, 0) is 30.9 Å². The van der Waals surface area contributed by atoms with Crippen molar-refractivity contribution >= 4 is 11.7 Å². The van der Waals surface area contributed by atoms with Gasteiger partial charge in [-0.1, -0.05) is 13.8 Å². The molecule has 5 nitrogen and oxygen atoms in total. The highest BCUT2D eigenvalue weighted by atomic mass is 16.3. The first-order valence-corrected chi connectivity index (χ1v) is 5.17. The zero-order chi connectivity index (χ0) is 12.1. The number of primary amides is 1. The maximum Gasteiger partial charge on any atom is 0.332 e. The van der Waals surface area contributed by atoms with E-state index in [2.05, 4.69) is 24.4 Å². The topological polar surface area (TPSA) is 80.6 Å². The minimum Gasteiger partial charge on any atom is -0.463 e. The molecule has 1 aromatic heterocycles. The molecule has 88 valence electrons. The van der Waals surface area contributed by atoms with Crippen LogP contribution in [0.4, 0.5) is 4.79 Å². The van der Waals surface area contributed by atoms with Gasteiger partial charge >= 0.3 is 6.03 Å². The van der Waals surface area contributed by atoms with Crippen molar-refractivity contribution in [2.75, 3.05) is 0 Å². The molecule has 0 saturated heterocycles. The van der Waals surface area contributed by atoms with Crippen LogP contribution in [-0.2, 0) is 0 Å². The van der Waals surface area contributed by atoms with Crippen molar-refractivity contribution in [2.45, 2.75) is 27.2 Å². The summed E-state index contributed by atoms with van der Waals surface area (Å²) < 4.78 is 5.34. The summed E-state index contributed by atoms with van der Waals surface area (Å²) >= 11 is 0. The fourth-order valence-electron chi connectivity index (χ4n) is 1.37. The largest absolute Gasteiger partial charge is 0.463 e. The second-order valence-electron chi connectivity index (χ2n) is 4.07. The van der Waals surface area contributed by atoms with E-state index in [-0.39, 0.29) is 0 Å². The molecule has 0 radical (unpaired) electrons. The molecular formula is C11H17N3O2. The first kappa shape index (κ1) is 12.3. The number of hydrogen-bond donors (Lipinski definition) is 2. The van der Waals surface area contributed by atoms with E-state index in [1.807, 2.05) is 13.0 Å². The van der Waals surface area contributed by atoms with Crippen molar-refractivity contribution in [3.8, 4) is 0 Å². The van der Waals surface area contributed by atoms with Crippen molar-refractivity contribution in [2.24, 2.45) is 16.8 Å². The monoisotopic (exact) mass is 223 g/mol. The van der Waals surface area contributed by atoms with Crippen LogP contribution < -0.4 is 11.2 Å². The van der Waals surface area contributed by atoms with Gasteiger partial charge in [-0.2, -0.15) is 5.10 Å². The van der Waals surface area contributed by atoms with Gasteiger partial charge < -0.3 is 10.2 Å². The molecule has 1 aromatic rings. The highest BCUT2D eigenvalue weighted by molar-refractivity contribution is 5.99. The van der Waals surface area contributed by atoms with Crippen molar-refractivity contribution in [1.29, 1.82) is 0 Å². The normalized spacial score (nSPS) is 11.9. The average molecular weight is 223 g/mol. The minimum absolute atomic E-state index is 0.415. The molecule has 0 unspecified atom stereocenters. The van der Waals surface area contributed by atoms with Crippen LogP contribution in [0.5, 0.6) is 0 Å². The van der Waals surface area contributed by atoms with Gasteiger partial charge in [0.15, 0.2) is 5.76 Å². The van der Waals surface area contributed by atoms with Crippen molar-refractivity contribution in [3.63, 3.8) is 0 Å². The van der Waals surface area contributed by atoms with Crippen molar-refractivity contribution < 1.29 is 9.21 Å². The summed E-state index contributed by atoms with van der Waals surface area (Å²) in [6.45, 7) is 6.06. The molecule has 0 spiro atoms. The number of amides is 2. The molecule has 0 aliphatic carbocycles.